The molecule has 0 fully saturated rings. The van der Waals surface area contributed by atoms with Gasteiger partial charge in [-0.05, 0) is 30.7 Å². The van der Waals surface area contributed by atoms with Crippen LogP contribution in [0.4, 0.5) is 0 Å². The summed E-state index contributed by atoms with van der Waals surface area (Å²) < 4.78 is 0. The minimum atomic E-state index is -0.106. The molecule has 4 heterocycles. The first-order chi connectivity index (χ1) is 12.0. The first-order valence-corrected chi connectivity index (χ1v) is 7.93. The van der Waals surface area contributed by atoms with Gasteiger partial charge in [-0.3, -0.25) is 4.79 Å². The Kier molecular flexibility index (Phi) is 3.58. The Morgan fingerprint density at radius 1 is 1.20 bits per heavy atom. The van der Waals surface area contributed by atoms with E-state index in [4.69, 9.17) is 11.6 Å². The van der Waals surface area contributed by atoms with E-state index in [1.165, 1.54) is 10.9 Å². The molecule has 0 aliphatic carbocycles. The van der Waals surface area contributed by atoms with Gasteiger partial charge in [0.05, 0.1) is 11.6 Å². The fraction of sp³-hybridized carbons (Fsp3) is 0.118. The van der Waals surface area contributed by atoms with Gasteiger partial charge in [0, 0.05) is 30.6 Å². The van der Waals surface area contributed by atoms with Crippen molar-refractivity contribution >= 4 is 22.6 Å². The highest BCUT2D eigenvalue weighted by Gasteiger charge is 2.16. The number of hydrogen-bond donors (Lipinski definition) is 1. The molecule has 0 aliphatic rings. The van der Waals surface area contributed by atoms with Crippen LogP contribution in [-0.2, 0) is 7.05 Å². The SMILES string of the molecule is Cc1cc(-c2cc3c(=O)cc[nH]c3nc2-c2cnn(C)n2)cc(Cl)n1. The van der Waals surface area contributed by atoms with Crippen LogP contribution in [0.5, 0.6) is 0 Å². The number of aromatic nitrogens is 6. The van der Waals surface area contributed by atoms with Crippen LogP contribution in [0.15, 0.2) is 41.5 Å². The van der Waals surface area contributed by atoms with E-state index >= 15 is 0 Å². The molecular weight excluding hydrogens is 340 g/mol. The van der Waals surface area contributed by atoms with Crippen molar-refractivity contribution in [2.45, 2.75) is 6.92 Å². The van der Waals surface area contributed by atoms with Crippen molar-refractivity contribution in [3.63, 3.8) is 0 Å². The smallest absolute Gasteiger partial charge is 0.191 e. The number of nitrogens with zero attached hydrogens (tertiary/aromatic N) is 5. The highest BCUT2D eigenvalue weighted by Crippen LogP contribution is 2.32. The van der Waals surface area contributed by atoms with Gasteiger partial charge in [-0.15, -0.1) is 0 Å². The summed E-state index contributed by atoms with van der Waals surface area (Å²) in [6.45, 7) is 1.86. The number of halogens is 1. The summed E-state index contributed by atoms with van der Waals surface area (Å²) in [6, 6.07) is 6.91. The van der Waals surface area contributed by atoms with E-state index in [1.807, 2.05) is 13.0 Å². The summed E-state index contributed by atoms with van der Waals surface area (Å²) in [5, 5.41) is 9.33. The molecule has 8 heteroatoms. The fourth-order valence-corrected chi connectivity index (χ4v) is 3.00. The zero-order valence-electron chi connectivity index (χ0n) is 13.5. The molecule has 0 aromatic carbocycles. The number of aryl methyl sites for hydroxylation is 2. The molecule has 1 N–H and O–H groups in total. The minimum Gasteiger partial charge on any atom is -0.346 e. The average Bonchev–Trinajstić information content (AvgIpc) is 2.99. The lowest BCUT2D eigenvalue weighted by atomic mass is 10.0. The van der Waals surface area contributed by atoms with Crippen molar-refractivity contribution < 1.29 is 0 Å². The maximum atomic E-state index is 12.2. The molecule has 0 radical (unpaired) electrons. The predicted molar refractivity (Wildman–Crippen MR) is 95.3 cm³/mol. The first kappa shape index (κ1) is 15.5. The molecule has 4 aromatic rings. The van der Waals surface area contributed by atoms with Crippen molar-refractivity contribution in [2.24, 2.45) is 7.05 Å². The van der Waals surface area contributed by atoms with E-state index < -0.39 is 0 Å². The van der Waals surface area contributed by atoms with Gasteiger partial charge in [-0.2, -0.15) is 15.0 Å². The minimum absolute atomic E-state index is 0.106. The third kappa shape index (κ3) is 2.78. The Hall–Kier alpha value is -3.06. The molecule has 0 unspecified atom stereocenters. The Labute approximate surface area is 147 Å². The number of pyridine rings is 3. The number of nitrogens with one attached hydrogen (secondary N) is 1. The highest BCUT2D eigenvalue weighted by molar-refractivity contribution is 6.29. The lowest BCUT2D eigenvalue weighted by molar-refractivity contribution is 0.655. The van der Waals surface area contributed by atoms with E-state index in [9.17, 15) is 4.79 Å². The fourth-order valence-electron chi connectivity index (χ4n) is 2.75. The third-order valence-corrected chi connectivity index (χ3v) is 4.01. The second-order valence-electron chi connectivity index (χ2n) is 5.66. The summed E-state index contributed by atoms with van der Waals surface area (Å²) in [4.78, 5) is 25.5. The number of fused-ring (bicyclic) bond motifs is 1. The van der Waals surface area contributed by atoms with Crippen LogP contribution in [0.1, 0.15) is 5.69 Å². The molecule has 0 atom stereocenters. The quantitative estimate of drug-likeness (QED) is 0.560. The van der Waals surface area contributed by atoms with Crippen LogP contribution in [-0.4, -0.2) is 29.9 Å². The number of hydrogen-bond acceptors (Lipinski definition) is 5. The van der Waals surface area contributed by atoms with Crippen molar-refractivity contribution in [1.82, 2.24) is 29.9 Å². The molecule has 4 aromatic heterocycles. The lowest BCUT2D eigenvalue weighted by Crippen LogP contribution is -2.04. The topological polar surface area (TPSA) is 89.4 Å². The van der Waals surface area contributed by atoms with E-state index in [0.29, 0.717) is 27.6 Å². The Morgan fingerprint density at radius 2 is 2.04 bits per heavy atom. The zero-order chi connectivity index (χ0) is 17.6. The van der Waals surface area contributed by atoms with E-state index in [1.54, 1.807) is 31.6 Å². The van der Waals surface area contributed by atoms with Gasteiger partial charge in [0.2, 0.25) is 0 Å². The Balaban J connectivity index is 2.09. The maximum Gasteiger partial charge on any atom is 0.191 e. The summed E-state index contributed by atoms with van der Waals surface area (Å²) >= 11 is 6.12. The number of rotatable bonds is 2. The number of aromatic amines is 1. The Morgan fingerprint density at radius 3 is 2.76 bits per heavy atom. The molecule has 25 heavy (non-hydrogen) atoms. The van der Waals surface area contributed by atoms with Crippen LogP contribution < -0.4 is 5.43 Å². The highest BCUT2D eigenvalue weighted by atomic mass is 35.5. The monoisotopic (exact) mass is 352 g/mol. The lowest BCUT2D eigenvalue weighted by Gasteiger charge is -2.10. The average molecular weight is 353 g/mol. The van der Waals surface area contributed by atoms with E-state index in [-0.39, 0.29) is 5.43 Å². The van der Waals surface area contributed by atoms with Gasteiger partial charge < -0.3 is 4.98 Å². The molecule has 124 valence electrons. The van der Waals surface area contributed by atoms with Gasteiger partial charge in [-0.25, -0.2) is 9.97 Å². The first-order valence-electron chi connectivity index (χ1n) is 7.55. The summed E-state index contributed by atoms with van der Waals surface area (Å²) in [5.41, 5.74) is 3.94. The van der Waals surface area contributed by atoms with E-state index in [2.05, 4.69) is 25.1 Å². The molecule has 0 bridgehead atoms. The largest absolute Gasteiger partial charge is 0.346 e. The van der Waals surface area contributed by atoms with Crippen LogP contribution in [0, 0.1) is 6.92 Å². The molecule has 0 spiro atoms. The zero-order valence-corrected chi connectivity index (χ0v) is 14.2. The van der Waals surface area contributed by atoms with Gasteiger partial charge in [0.1, 0.15) is 22.2 Å². The molecule has 0 saturated carbocycles. The van der Waals surface area contributed by atoms with Gasteiger partial charge >= 0.3 is 0 Å². The van der Waals surface area contributed by atoms with Crippen molar-refractivity contribution in [3.05, 3.63) is 57.7 Å². The molecule has 0 amide bonds. The number of H-pyrrole nitrogens is 1. The second-order valence-corrected chi connectivity index (χ2v) is 6.05. The van der Waals surface area contributed by atoms with Crippen molar-refractivity contribution in [3.8, 4) is 22.5 Å². The van der Waals surface area contributed by atoms with Crippen LogP contribution in [0.2, 0.25) is 5.15 Å². The van der Waals surface area contributed by atoms with Crippen LogP contribution >= 0.6 is 11.6 Å². The van der Waals surface area contributed by atoms with Gasteiger partial charge in [0.15, 0.2) is 5.43 Å². The standard InChI is InChI=1S/C17H13ClN6O/c1-9-5-10(6-15(18)21-9)11-7-12-14(25)3-4-19-17(12)22-16(11)13-8-20-24(2)23-13/h3-8H,1-2H3,(H,19,22,25). The normalized spacial score (nSPS) is 11.2. The van der Waals surface area contributed by atoms with Crippen LogP contribution in [0.3, 0.4) is 0 Å². The van der Waals surface area contributed by atoms with Crippen molar-refractivity contribution in [2.75, 3.05) is 0 Å². The summed E-state index contributed by atoms with van der Waals surface area (Å²) in [6.07, 6.45) is 3.21. The third-order valence-electron chi connectivity index (χ3n) is 3.82. The maximum absolute atomic E-state index is 12.2. The second kappa shape index (κ2) is 5.78. The van der Waals surface area contributed by atoms with E-state index in [0.717, 1.165) is 16.8 Å². The molecule has 4 rings (SSSR count). The van der Waals surface area contributed by atoms with Crippen molar-refractivity contribution in [1.29, 1.82) is 0 Å². The molecule has 7 nitrogen and oxygen atoms in total. The molecular formula is C17H13ClN6O. The summed E-state index contributed by atoms with van der Waals surface area (Å²) in [5.74, 6) is 0. The van der Waals surface area contributed by atoms with Gasteiger partial charge in [0.25, 0.3) is 0 Å². The van der Waals surface area contributed by atoms with Gasteiger partial charge in [-0.1, -0.05) is 11.6 Å². The molecule has 0 saturated heterocycles. The predicted octanol–water partition coefficient (Wildman–Crippen LogP) is 2.74. The van der Waals surface area contributed by atoms with Crippen LogP contribution in [0.25, 0.3) is 33.5 Å². The molecule has 0 aliphatic heterocycles. The summed E-state index contributed by atoms with van der Waals surface area (Å²) in [7, 11) is 1.74. The Bertz CT molecular complexity index is 1140.